The third kappa shape index (κ3) is 4.54. The number of fused-ring (bicyclic) bond motifs is 1. The van der Waals surface area contributed by atoms with Crippen molar-refractivity contribution in [2.45, 2.75) is 32.9 Å². The first-order valence-electron chi connectivity index (χ1n) is 10.4. The van der Waals surface area contributed by atoms with Crippen molar-refractivity contribution in [3.8, 4) is 16.9 Å². The Bertz CT molecular complexity index is 1130. The van der Waals surface area contributed by atoms with Crippen LogP contribution in [0.2, 0.25) is 0 Å². The van der Waals surface area contributed by atoms with Crippen LogP contribution in [0.4, 0.5) is 5.69 Å². The summed E-state index contributed by atoms with van der Waals surface area (Å²) < 4.78 is 6.12. The van der Waals surface area contributed by atoms with Gasteiger partial charge in [-0.3, -0.25) is 9.78 Å². The lowest BCUT2D eigenvalue weighted by atomic mass is 9.95. The molecule has 0 atom stereocenters. The molecule has 0 spiro atoms. The lowest BCUT2D eigenvalue weighted by Crippen LogP contribution is -2.12. The van der Waals surface area contributed by atoms with E-state index in [1.54, 1.807) is 6.20 Å². The lowest BCUT2D eigenvalue weighted by molar-refractivity contribution is -0.136. The van der Waals surface area contributed by atoms with Gasteiger partial charge in [-0.25, -0.2) is 0 Å². The summed E-state index contributed by atoms with van der Waals surface area (Å²) in [6.07, 6.45) is 2.73. The van der Waals surface area contributed by atoms with E-state index in [0.29, 0.717) is 24.5 Å². The van der Waals surface area contributed by atoms with E-state index in [2.05, 4.69) is 29.1 Å². The van der Waals surface area contributed by atoms with Gasteiger partial charge in [-0.1, -0.05) is 12.1 Å². The van der Waals surface area contributed by atoms with Crippen LogP contribution in [0, 0.1) is 6.92 Å². The van der Waals surface area contributed by atoms with Gasteiger partial charge < -0.3 is 20.5 Å². The molecular weight excluding hydrogens is 390 g/mol. The average molecular weight is 418 g/mol. The van der Waals surface area contributed by atoms with Gasteiger partial charge in [-0.2, -0.15) is 0 Å². The number of aromatic nitrogens is 1. The maximum Gasteiger partial charge on any atom is 0.307 e. The molecule has 1 aromatic heterocycles. The minimum absolute atomic E-state index is 0.0628. The van der Waals surface area contributed by atoms with E-state index in [0.717, 1.165) is 35.3 Å². The Kier molecular flexibility index (Phi) is 5.91. The van der Waals surface area contributed by atoms with Gasteiger partial charge in [0.15, 0.2) is 0 Å². The van der Waals surface area contributed by atoms with Gasteiger partial charge in [0.05, 0.1) is 12.1 Å². The lowest BCUT2D eigenvalue weighted by Gasteiger charge is -2.18. The zero-order chi connectivity index (χ0) is 22.0. The summed E-state index contributed by atoms with van der Waals surface area (Å²) in [6.45, 7) is 3.71. The number of aliphatic carboxylic acids is 1. The topological polar surface area (TPSA) is 88.7 Å². The minimum Gasteiger partial charge on any atom is -0.489 e. The molecule has 2 heterocycles. The second kappa shape index (κ2) is 8.78. The third-order valence-corrected chi connectivity index (χ3v) is 5.69. The Hall–Kier alpha value is -3.38. The molecule has 3 N–H and O–H groups in total. The summed E-state index contributed by atoms with van der Waals surface area (Å²) in [5, 5.41) is 9.21. The van der Waals surface area contributed by atoms with Gasteiger partial charge in [0.1, 0.15) is 12.4 Å². The highest BCUT2D eigenvalue weighted by Gasteiger charge is 2.21. The van der Waals surface area contributed by atoms with Crippen LogP contribution in [0.25, 0.3) is 11.1 Å². The Balaban J connectivity index is 1.68. The molecule has 1 aliphatic heterocycles. The van der Waals surface area contributed by atoms with Crippen molar-refractivity contribution in [2.75, 3.05) is 18.5 Å². The summed E-state index contributed by atoms with van der Waals surface area (Å²) >= 11 is 0. The molecule has 0 amide bonds. The van der Waals surface area contributed by atoms with Crippen LogP contribution in [-0.4, -0.2) is 29.7 Å². The summed E-state index contributed by atoms with van der Waals surface area (Å²) in [4.78, 5) is 17.8. The van der Waals surface area contributed by atoms with Crippen molar-refractivity contribution >= 4 is 11.7 Å². The summed E-state index contributed by atoms with van der Waals surface area (Å²) in [7, 11) is 2.10. The molecule has 1 aliphatic rings. The molecule has 31 heavy (non-hydrogen) atoms. The maximum absolute atomic E-state index is 11.2. The van der Waals surface area contributed by atoms with Crippen LogP contribution in [0.3, 0.4) is 0 Å². The van der Waals surface area contributed by atoms with Gasteiger partial charge in [-0.05, 0) is 71.5 Å². The Morgan fingerprint density at radius 3 is 2.84 bits per heavy atom. The SMILES string of the molecule is Cc1ccc(CC(=O)O)c(OCc2cc(-c3ccnc(CN)c3)c3c(c2)N(C)CC3)c1. The van der Waals surface area contributed by atoms with E-state index >= 15 is 0 Å². The Morgan fingerprint density at radius 1 is 1.23 bits per heavy atom. The Labute approximate surface area is 182 Å². The van der Waals surface area contributed by atoms with Gasteiger partial charge in [-0.15, -0.1) is 0 Å². The number of pyridine rings is 1. The molecule has 6 heteroatoms. The molecule has 6 nitrogen and oxygen atoms in total. The number of nitrogens with zero attached hydrogens (tertiary/aromatic N) is 2. The second-order valence-corrected chi connectivity index (χ2v) is 8.02. The van der Waals surface area contributed by atoms with E-state index in [1.165, 1.54) is 16.8 Å². The van der Waals surface area contributed by atoms with Gasteiger partial charge in [0.25, 0.3) is 0 Å². The molecule has 0 saturated carbocycles. The van der Waals surface area contributed by atoms with E-state index in [-0.39, 0.29) is 6.42 Å². The van der Waals surface area contributed by atoms with Crippen LogP contribution < -0.4 is 15.4 Å². The molecule has 0 saturated heterocycles. The van der Waals surface area contributed by atoms with Crippen LogP contribution in [-0.2, 0) is 30.8 Å². The fourth-order valence-corrected chi connectivity index (χ4v) is 4.08. The average Bonchev–Trinajstić information content (AvgIpc) is 3.14. The number of hydrogen-bond acceptors (Lipinski definition) is 5. The van der Waals surface area contributed by atoms with E-state index in [4.69, 9.17) is 10.5 Å². The molecule has 0 bridgehead atoms. The van der Waals surface area contributed by atoms with E-state index in [1.807, 2.05) is 37.3 Å². The standard InChI is InChI=1S/C25H27N3O3/c1-16-3-4-19(13-25(29)30)24(9-16)31-15-17-10-22(18-5-7-27-20(12-18)14-26)21-6-8-28(2)23(21)11-17/h3-5,7,9-12H,6,8,13-15,26H2,1-2H3,(H,29,30). The number of carboxylic acids is 1. The highest BCUT2D eigenvalue weighted by molar-refractivity contribution is 5.77. The van der Waals surface area contributed by atoms with Crippen molar-refractivity contribution in [1.29, 1.82) is 0 Å². The van der Waals surface area contributed by atoms with Crippen molar-refractivity contribution in [2.24, 2.45) is 5.73 Å². The molecular formula is C25H27N3O3. The fourth-order valence-electron chi connectivity index (χ4n) is 4.08. The molecule has 0 unspecified atom stereocenters. The van der Waals surface area contributed by atoms with Gasteiger partial charge in [0.2, 0.25) is 0 Å². The summed E-state index contributed by atoms with van der Waals surface area (Å²) in [5.41, 5.74) is 14.2. The maximum atomic E-state index is 11.2. The van der Waals surface area contributed by atoms with Crippen LogP contribution in [0.15, 0.2) is 48.7 Å². The predicted molar refractivity (Wildman–Crippen MR) is 121 cm³/mol. The highest BCUT2D eigenvalue weighted by atomic mass is 16.5. The molecule has 2 aromatic carbocycles. The van der Waals surface area contributed by atoms with Crippen LogP contribution >= 0.6 is 0 Å². The number of nitrogens with two attached hydrogens (primary N) is 1. The first-order valence-corrected chi connectivity index (χ1v) is 10.4. The monoisotopic (exact) mass is 417 g/mol. The molecule has 0 fully saturated rings. The van der Waals surface area contributed by atoms with Crippen LogP contribution in [0.1, 0.15) is 27.9 Å². The van der Waals surface area contributed by atoms with Gasteiger partial charge in [0, 0.05) is 37.6 Å². The summed E-state index contributed by atoms with van der Waals surface area (Å²) in [6, 6.07) is 14.0. The van der Waals surface area contributed by atoms with Crippen molar-refractivity contribution in [3.63, 3.8) is 0 Å². The number of likely N-dealkylation sites (N-methyl/N-ethyl adjacent to an activating group) is 1. The number of rotatable bonds is 7. The van der Waals surface area contributed by atoms with Crippen molar-refractivity contribution in [3.05, 3.63) is 76.6 Å². The number of carboxylic acid groups (broad SMARTS) is 1. The number of hydrogen-bond donors (Lipinski definition) is 2. The number of aryl methyl sites for hydroxylation is 1. The molecule has 4 rings (SSSR count). The number of carbonyl (C=O) groups is 1. The number of ether oxygens (including phenoxy) is 1. The zero-order valence-electron chi connectivity index (χ0n) is 17.9. The third-order valence-electron chi connectivity index (χ3n) is 5.69. The first kappa shape index (κ1) is 20.9. The highest BCUT2D eigenvalue weighted by Crippen LogP contribution is 2.37. The Morgan fingerprint density at radius 2 is 2.06 bits per heavy atom. The smallest absolute Gasteiger partial charge is 0.307 e. The van der Waals surface area contributed by atoms with E-state index < -0.39 is 5.97 Å². The fraction of sp³-hybridized carbons (Fsp3) is 0.280. The molecule has 0 radical (unpaired) electrons. The number of anilines is 1. The van der Waals surface area contributed by atoms with Gasteiger partial charge >= 0.3 is 5.97 Å². The van der Waals surface area contributed by atoms with Crippen LogP contribution in [0.5, 0.6) is 5.75 Å². The molecule has 3 aromatic rings. The predicted octanol–water partition coefficient (Wildman–Crippen LogP) is 3.71. The minimum atomic E-state index is -0.872. The van der Waals surface area contributed by atoms with E-state index in [9.17, 15) is 9.90 Å². The summed E-state index contributed by atoms with van der Waals surface area (Å²) in [5.74, 6) is -0.254. The number of benzene rings is 2. The normalized spacial score (nSPS) is 12.7. The largest absolute Gasteiger partial charge is 0.489 e. The first-order chi connectivity index (χ1) is 14.9. The molecule has 0 aliphatic carbocycles. The molecule has 160 valence electrons. The quantitative estimate of drug-likeness (QED) is 0.609. The zero-order valence-corrected chi connectivity index (χ0v) is 17.9. The second-order valence-electron chi connectivity index (χ2n) is 8.02. The van der Waals surface area contributed by atoms with Crippen molar-refractivity contribution < 1.29 is 14.6 Å². The van der Waals surface area contributed by atoms with Crippen molar-refractivity contribution in [1.82, 2.24) is 4.98 Å².